The molecule has 3 unspecified atom stereocenters. The number of hydrogen-bond donors (Lipinski definition) is 2. The largest absolute Gasteiger partial charge is 0.326 e. The Hall–Kier alpha value is -0.910. The average Bonchev–Trinajstić information content (AvgIpc) is 2.42. The van der Waals surface area contributed by atoms with Crippen LogP contribution in [0.1, 0.15) is 44.2 Å². The molecule has 1 aromatic rings. The maximum Gasteiger partial charge on any atom is 0.241 e. The normalized spacial score (nSPS) is 26.8. The molecule has 3 N–H and O–H groups in total. The molecule has 1 aromatic carbocycles. The smallest absolute Gasteiger partial charge is 0.241 e. The Bertz CT molecular complexity index is 598. The maximum atomic E-state index is 12.7. The fraction of sp³-hybridized carbons (Fsp3) is 0.625. The summed E-state index contributed by atoms with van der Waals surface area (Å²) in [5.41, 5.74) is 7.30. The van der Waals surface area contributed by atoms with Gasteiger partial charge in [-0.15, -0.1) is 0 Å². The van der Waals surface area contributed by atoms with E-state index in [4.69, 9.17) is 5.73 Å². The molecule has 0 aromatic heterocycles. The van der Waals surface area contributed by atoms with Crippen molar-refractivity contribution in [1.82, 2.24) is 4.72 Å². The van der Waals surface area contributed by atoms with Crippen molar-refractivity contribution in [1.29, 1.82) is 0 Å². The van der Waals surface area contributed by atoms with Gasteiger partial charge in [0.2, 0.25) is 10.0 Å². The van der Waals surface area contributed by atoms with Crippen LogP contribution in [0.25, 0.3) is 0 Å². The van der Waals surface area contributed by atoms with Crippen LogP contribution in [0.4, 0.5) is 0 Å². The van der Waals surface area contributed by atoms with E-state index >= 15 is 0 Å². The highest BCUT2D eigenvalue weighted by atomic mass is 32.2. The molecule has 1 aliphatic carbocycles. The molecule has 0 bridgehead atoms. The third kappa shape index (κ3) is 3.65. The molecule has 1 saturated carbocycles. The summed E-state index contributed by atoms with van der Waals surface area (Å²) in [6.07, 6.45) is 3.07. The van der Waals surface area contributed by atoms with E-state index in [-0.39, 0.29) is 6.04 Å². The summed E-state index contributed by atoms with van der Waals surface area (Å²) in [6.45, 7) is 6.54. The number of nitrogens with two attached hydrogens (primary N) is 1. The molecular weight excluding hydrogens is 284 g/mol. The number of hydrogen-bond acceptors (Lipinski definition) is 3. The van der Waals surface area contributed by atoms with Gasteiger partial charge in [-0.25, -0.2) is 13.1 Å². The molecular formula is C16H26N2O2S. The minimum atomic E-state index is -3.48. The van der Waals surface area contributed by atoms with Crippen LogP contribution in [-0.4, -0.2) is 14.5 Å². The summed E-state index contributed by atoms with van der Waals surface area (Å²) in [5, 5.41) is 0. The van der Waals surface area contributed by atoms with Gasteiger partial charge < -0.3 is 5.73 Å². The summed E-state index contributed by atoms with van der Waals surface area (Å²) < 4.78 is 28.2. The van der Waals surface area contributed by atoms with E-state index in [1.807, 2.05) is 13.0 Å². The van der Waals surface area contributed by atoms with E-state index in [1.54, 1.807) is 12.1 Å². The molecule has 5 heteroatoms. The van der Waals surface area contributed by atoms with Gasteiger partial charge in [-0.2, -0.15) is 0 Å². The highest BCUT2D eigenvalue weighted by Crippen LogP contribution is 2.30. The van der Waals surface area contributed by atoms with Gasteiger partial charge >= 0.3 is 0 Å². The van der Waals surface area contributed by atoms with Gasteiger partial charge in [-0.05, 0) is 55.2 Å². The molecule has 0 amide bonds. The molecule has 0 aliphatic heterocycles. The first kappa shape index (κ1) is 16.5. The minimum absolute atomic E-state index is 0.0344. The first-order chi connectivity index (χ1) is 9.85. The molecule has 3 atom stereocenters. The molecule has 0 heterocycles. The van der Waals surface area contributed by atoms with Crippen LogP contribution >= 0.6 is 0 Å². The van der Waals surface area contributed by atoms with E-state index < -0.39 is 10.0 Å². The molecule has 0 saturated heterocycles. The molecule has 0 radical (unpaired) electrons. The third-order valence-corrected chi connectivity index (χ3v) is 6.28. The first-order valence-corrected chi connectivity index (χ1v) is 9.14. The Morgan fingerprint density at radius 3 is 2.62 bits per heavy atom. The summed E-state index contributed by atoms with van der Waals surface area (Å²) in [6, 6.07) is 5.33. The van der Waals surface area contributed by atoms with Crippen LogP contribution < -0.4 is 10.5 Å². The van der Waals surface area contributed by atoms with Crippen LogP contribution in [0.2, 0.25) is 0 Å². The van der Waals surface area contributed by atoms with Crippen molar-refractivity contribution in [2.75, 3.05) is 0 Å². The lowest BCUT2D eigenvalue weighted by Crippen LogP contribution is -2.42. The number of sulfonamides is 1. The van der Waals surface area contributed by atoms with E-state index in [9.17, 15) is 8.42 Å². The van der Waals surface area contributed by atoms with Crippen LogP contribution in [0.15, 0.2) is 23.1 Å². The summed E-state index contributed by atoms with van der Waals surface area (Å²) >= 11 is 0. The zero-order valence-electron chi connectivity index (χ0n) is 13.1. The van der Waals surface area contributed by atoms with Crippen molar-refractivity contribution in [2.45, 2.75) is 57.5 Å². The van der Waals surface area contributed by atoms with Gasteiger partial charge in [0.15, 0.2) is 0 Å². The van der Waals surface area contributed by atoms with E-state index in [0.717, 1.165) is 30.4 Å². The van der Waals surface area contributed by atoms with Crippen LogP contribution in [0, 0.1) is 18.8 Å². The third-order valence-electron chi connectivity index (χ3n) is 4.64. The Balaban J connectivity index is 2.23. The van der Waals surface area contributed by atoms with Gasteiger partial charge in [-0.3, -0.25) is 0 Å². The van der Waals surface area contributed by atoms with Crippen LogP contribution in [0.5, 0.6) is 0 Å². The summed E-state index contributed by atoms with van der Waals surface area (Å²) in [7, 11) is -3.48. The van der Waals surface area contributed by atoms with E-state index in [2.05, 4.69) is 18.6 Å². The zero-order chi connectivity index (χ0) is 15.6. The molecule has 0 spiro atoms. The average molecular weight is 310 g/mol. The Morgan fingerprint density at radius 1 is 1.29 bits per heavy atom. The highest BCUT2D eigenvalue weighted by molar-refractivity contribution is 7.89. The second-order valence-electron chi connectivity index (χ2n) is 6.37. The van der Waals surface area contributed by atoms with Crippen LogP contribution in [0.3, 0.4) is 0 Å². The predicted octanol–water partition coefficient (Wildman–Crippen LogP) is 2.56. The fourth-order valence-electron chi connectivity index (χ4n) is 3.28. The molecule has 2 rings (SSSR count). The molecule has 21 heavy (non-hydrogen) atoms. The van der Waals surface area contributed by atoms with Gasteiger partial charge in [0, 0.05) is 12.6 Å². The fourth-order valence-corrected chi connectivity index (χ4v) is 4.94. The molecule has 1 fully saturated rings. The number of rotatable bonds is 4. The van der Waals surface area contributed by atoms with Crippen molar-refractivity contribution < 1.29 is 8.42 Å². The Morgan fingerprint density at radius 2 is 2.00 bits per heavy atom. The number of benzene rings is 1. The van der Waals surface area contributed by atoms with E-state index in [1.165, 1.54) is 0 Å². The van der Waals surface area contributed by atoms with Crippen molar-refractivity contribution in [3.8, 4) is 0 Å². The van der Waals surface area contributed by atoms with Gasteiger partial charge in [0.1, 0.15) is 0 Å². The van der Waals surface area contributed by atoms with Crippen molar-refractivity contribution in [2.24, 2.45) is 17.6 Å². The lowest BCUT2D eigenvalue weighted by molar-refractivity contribution is 0.249. The molecule has 4 nitrogen and oxygen atoms in total. The molecule has 118 valence electrons. The van der Waals surface area contributed by atoms with Gasteiger partial charge in [0.25, 0.3) is 0 Å². The quantitative estimate of drug-likeness (QED) is 0.897. The monoisotopic (exact) mass is 310 g/mol. The lowest BCUT2D eigenvalue weighted by Gasteiger charge is -2.33. The summed E-state index contributed by atoms with van der Waals surface area (Å²) in [4.78, 5) is 0.358. The van der Waals surface area contributed by atoms with Crippen molar-refractivity contribution in [3.63, 3.8) is 0 Å². The van der Waals surface area contributed by atoms with Crippen molar-refractivity contribution >= 4 is 10.0 Å². The lowest BCUT2D eigenvalue weighted by atomic mass is 9.80. The SMILES string of the molecule is Cc1c(CN)cccc1S(=O)(=O)NC1CCC(C)CC1C. The molecule has 1 aliphatic rings. The second-order valence-corrected chi connectivity index (χ2v) is 8.05. The minimum Gasteiger partial charge on any atom is -0.326 e. The van der Waals surface area contributed by atoms with Crippen LogP contribution in [-0.2, 0) is 16.6 Å². The van der Waals surface area contributed by atoms with Gasteiger partial charge in [0.05, 0.1) is 4.90 Å². The van der Waals surface area contributed by atoms with Gasteiger partial charge in [-0.1, -0.05) is 26.0 Å². The standard InChI is InChI=1S/C16H26N2O2S/c1-11-7-8-15(12(2)9-11)18-21(19,20)16-6-4-5-14(10-17)13(16)3/h4-6,11-12,15,18H,7-10,17H2,1-3H3. The highest BCUT2D eigenvalue weighted by Gasteiger charge is 2.30. The zero-order valence-corrected chi connectivity index (χ0v) is 13.9. The second kappa shape index (κ2) is 6.46. The van der Waals surface area contributed by atoms with Crippen molar-refractivity contribution in [3.05, 3.63) is 29.3 Å². The Labute approximate surface area is 128 Å². The van der Waals surface area contributed by atoms with E-state index in [0.29, 0.717) is 23.3 Å². The maximum absolute atomic E-state index is 12.7. The first-order valence-electron chi connectivity index (χ1n) is 7.66. The summed E-state index contributed by atoms with van der Waals surface area (Å²) in [5.74, 6) is 1.06. The predicted molar refractivity (Wildman–Crippen MR) is 85.4 cm³/mol. The topological polar surface area (TPSA) is 72.2 Å². The number of nitrogens with one attached hydrogen (secondary N) is 1. The Kier molecular flexibility index (Phi) is 5.07.